The third kappa shape index (κ3) is 4.09. The molecular weight excluding hydrogens is 323 g/mol. The Balaban J connectivity index is 1.63. The molecule has 0 saturated carbocycles. The Kier molecular flexibility index (Phi) is 5.19. The Bertz CT molecular complexity index is 766. The number of hydrogen-bond donors (Lipinski definition) is 1. The van der Waals surface area contributed by atoms with Gasteiger partial charge in [-0.2, -0.15) is 0 Å². The normalized spacial score (nSPS) is 14.2. The maximum atomic E-state index is 13.7. The van der Waals surface area contributed by atoms with Gasteiger partial charge in [-0.05, 0) is 43.8 Å². The first-order valence-electron chi connectivity index (χ1n) is 8.19. The van der Waals surface area contributed by atoms with Gasteiger partial charge in [0.15, 0.2) is 11.5 Å². The molecule has 6 heteroatoms. The topological polar surface area (TPSA) is 50.8 Å². The van der Waals surface area contributed by atoms with Crippen molar-refractivity contribution in [2.24, 2.45) is 0 Å². The molecule has 0 fully saturated rings. The van der Waals surface area contributed by atoms with Crippen LogP contribution >= 0.6 is 0 Å². The first-order chi connectivity index (χ1) is 12.0. The van der Waals surface area contributed by atoms with Crippen LogP contribution < -0.4 is 14.8 Å². The molecule has 2 aromatic carbocycles. The molecule has 0 bridgehead atoms. The predicted octanol–water partition coefficient (Wildman–Crippen LogP) is 3.06. The lowest BCUT2D eigenvalue weighted by Crippen LogP contribution is -2.39. The lowest BCUT2D eigenvalue weighted by Gasteiger charge is -2.25. The van der Waals surface area contributed by atoms with E-state index in [2.05, 4.69) is 5.32 Å². The average molecular weight is 344 g/mol. The summed E-state index contributed by atoms with van der Waals surface area (Å²) in [6.07, 6.45) is 0. The van der Waals surface area contributed by atoms with Crippen molar-refractivity contribution in [1.82, 2.24) is 4.90 Å². The second-order valence-electron chi connectivity index (χ2n) is 6.04. The molecule has 1 unspecified atom stereocenters. The number of nitrogens with one attached hydrogen (secondary N) is 1. The number of rotatable bonds is 5. The fourth-order valence-electron chi connectivity index (χ4n) is 2.61. The summed E-state index contributed by atoms with van der Waals surface area (Å²) in [5.41, 5.74) is 1.20. The fourth-order valence-corrected chi connectivity index (χ4v) is 2.61. The van der Waals surface area contributed by atoms with Crippen LogP contribution in [0.4, 0.5) is 10.1 Å². The lowest BCUT2D eigenvalue weighted by atomic mass is 10.1. The first kappa shape index (κ1) is 17.2. The molecule has 2 aromatic rings. The van der Waals surface area contributed by atoms with Crippen LogP contribution in [0.2, 0.25) is 0 Å². The van der Waals surface area contributed by atoms with Crippen molar-refractivity contribution >= 4 is 11.6 Å². The lowest BCUT2D eigenvalue weighted by molar-refractivity contribution is -0.120. The van der Waals surface area contributed by atoms with E-state index in [1.807, 2.05) is 30.1 Å². The molecule has 5 nitrogen and oxygen atoms in total. The molecule has 0 aliphatic carbocycles. The molecular formula is C19H21FN2O3. The summed E-state index contributed by atoms with van der Waals surface area (Å²) < 4.78 is 24.8. The molecule has 1 heterocycles. The number of nitrogens with zero attached hydrogens (tertiary/aromatic N) is 1. The minimum atomic E-state index is -0.447. The molecule has 0 aromatic heterocycles. The van der Waals surface area contributed by atoms with Crippen molar-refractivity contribution in [3.8, 4) is 11.5 Å². The first-order valence-corrected chi connectivity index (χ1v) is 8.19. The SMILES string of the molecule is CC(C(=O)Nc1ccccc1F)N(C)Cc1ccc2c(c1)OCCO2. The van der Waals surface area contributed by atoms with E-state index in [0.717, 1.165) is 17.1 Å². The van der Waals surface area contributed by atoms with Crippen LogP contribution in [0.15, 0.2) is 42.5 Å². The Morgan fingerprint density at radius 2 is 1.92 bits per heavy atom. The number of carbonyl (C=O) groups excluding carboxylic acids is 1. The molecule has 25 heavy (non-hydrogen) atoms. The van der Waals surface area contributed by atoms with Crippen LogP contribution in [-0.2, 0) is 11.3 Å². The number of para-hydroxylation sites is 1. The predicted molar refractivity (Wildman–Crippen MR) is 93.4 cm³/mol. The van der Waals surface area contributed by atoms with E-state index in [1.165, 1.54) is 6.07 Å². The maximum absolute atomic E-state index is 13.7. The van der Waals surface area contributed by atoms with E-state index in [1.54, 1.807) is 25.1 Å². The molecule has 1 aliphatic rings. The number of ether oxygens (including phenoxy) is 2. The van der Waals surface area contributed by atoms with Crippen LogP contribution in [0.1, 0.15) is 12.5 Å². The molecule has 0 saturated heterocycles. The van der Waals surface area contributed by atoms with Gasteiger partial charge in [-0.25, -0.2) is 4.39 Å². The summed E-state index contributed by atoms with van der Waals surface area (Å²) in [5.74, 6) is 0.756. The van der Waals surface area contributed by atoms with E-state index >= 15 is 0 Å². The number of halogens is 1. The number of likely N-dealkylation sites (N-methyl/N-ethyl adjacent to an activating group) is 1. The van der Waals surface area contributed by atoms with Gasteiger partial charge in [0.25, 0.3) is 0 Å². The smallest absolute Gasteiger partial charge is 0.241 e. The summed E-state index contributed by atoms with van der Waals surface area (Å²) in [6.45, 7) is 3.43. The Morgan fingerprint density at radius 1 is 1.20 bits per heavy atom. The number of amides is 1. The van der Waals surface area contributed by atoms with E-state index < -0.39 is 11.9 Å². The molecule has 1 atom stereocenters. The molecule has 1 aliphatic heterocycles. The van der Waals surface area contributed by atoms with Crippen molar-refractivity contribution < 1.29 is 18.7 Å². The number of benzene rings is 2. The number of anilines is 1. The summed E-state index contributed by atoms with van der Waals surface area (Å²) in [5, 5.41) is 2.63. The molecule has 3 rings (SSSR count). The van der Waals surface area contributed by atoms with Crippen molar-refractivity contribution in [2.45, 2.75) is 19.5 Å². The van der Waals surface area contributed by atoms with Gasteiger partial charge >= 0.3 is 0 Å². The third-order valence-electron chi connectivity index (χ3n) is 4.21. The summed E-state index contributed by atoms with van der Waals surface area (Å²) in [7, 11) is 1.85. The van der Waals surface area contributed by atoms with Gasteiger partial charge in [-0.15, -0.1) is 0 Å². The van der Waals surface area contributed by atoms with Crippen LogP contribution in [0.3, 0.4) is 0 Å². The van der Waals surface area contributed by atoms with Gasteiger partial charge in [0, 0.05) is 6.54 Å². The minimum Gasteiger partial charge on any atom is -0.486 e. The monoisotopic (exact) mass is 344 g/mol. The second kappa shape index (κ2) is 7.53. The minimum absolute atomic E-state index is 0.187. The van der Waals surface area contributed by atoms with Gasteiger partial charge < -0.3 is 14.8 Å². The molecule has 132 valence electrons. The maximum Gasteiger partial charge on any atom is 0.241 e. The van der Waals surface area contributed by atoms with E-state index in [9.17, 15) is 9.18 Å². The van der Waals surface area contributed by atoms with Gasteiger partial charge in [0.2, 0.25) is 5.91 Å². The molecule has 0 radical (unpaired) electrons. The number of carbonyl (C=O) groups is 1. The highest BCUT2D eigenvalue weighted by atomic mass is 19.1. The summed E-state index contributed by atoms with van der Waals surface area (Å²) in [6, 6.07) is 11.5. The van der Waals surface area contributed by atoms with Crippen molar-refractivity contribution in [3.63, 3.8) is 0 Å². The summed E-state index contributed by atoms with van der Waals surface area (Å²) >= 11 is 0. The summed E-state index contributed by atoms with van der Waals surface area (Å²) in [4.78, 5) is 14.3. The zero-order chi connectivity index (χ0) is 17.8. The highest BCUT2D eigenvalue weighted by Crippen LogP contribution is 2.31. The van der Waals surface area contributed by atoms with E-state index in [4.69, 9.17) is 9.47 Å². The fraction of sp³-hybridized carbons (Fsp3) is 0.316. The number of fused-ring (bicyclic) bond motifs is 1. The second-order valence-corrected chi connectivity index (χ2v) is 6.04. The molecule has 1 amide bonds. The quantitative estimate of drug-likeness (QED) is 0.906. The van der Waals surface area contributed by atoms with Crippen molar-refractivity contribution in [3.05, 3.63) is 53.8 Å². The van der Waals surface area contributed by atoms with E-state index in [-0.39, 0.29) is 11.6 Å². The van der Waals surface area contributed by atoms with Crippen LogP contribution in [0.5, 0.6) is 11.5 Å². The highest BCUT2D eigenvalue weighted by Gasteiger charge is 2.20. The van der Waals surface area contributed by atoms with Gasteiger partial charge in [0.1, 0.15) is 19.0 Å². The van der Waals surface area contributed by atoms with E-state index in [0.29, 0.717) is 19.8 Å². The highest BCUT2D eigenvalue weighted by molar-refractivity contribution is 5.94. The van der Waals surface area contributed by atoms with Crippen LogP contribution in [0.25, 0.3) is 0 Å². The van der Waals surface area contributed by atoms with Gasteiger partial charge in [0.05, 0.1) is 11.7 Å². The van der Waals surface area contributed by atoms with Crippen LogP contribution in [-0.4, -0.2) is 37.1 Å². The Hall–Kier alpha value is -2.60. The standard InChI is InChI=1S/C19H21FN2O3/c1-13(19(23)21-16-6-4-3-5-15(16)20)22(2)12-14-7-8-17-18(11-14)25-10-9-24-17/h3-8,11,13H,9-10,12H2,1-2H3,(H,21,23). The number of hydrogen-bond acceptors (Lipinski definition) is 4. The van der Waals surface area contributed by atoms with Gasteiger partial charge in [-0.1, -0.05) is 18.2 Å². The Labute approximate surface area is 146 Å². The van der Waals surface area contributed by atoms with Gasteiger partial charge in [-0.3, -0.25) is 9.69 Å². The van der Waals surface area contributed by atoms with Crippen molar-refractivity contribution in [1.29, 1.82) is 0 Å². The molecule has 0 spiro atoms. The largest absolute Gasteiger partial charge is 0.486 e. The third-order valence-corrected chi connectivity index (χ3v) is 4.21. The molecule has 1 N–H and O–H groups in total. The van der Waals surface area contributed by atoms with Crippen LogP contribution in [0, 0.1) is 5.82 Å². The Morgan fingerprint density at radius 3 is 2.68 bits per heavy atom. The zero-order valence-electron chi connectivity index (χ0n) is 14.3. The van der Waals surface area contributed by atoms with Crippen molar-refractivity contribution in [2.75, 3.05) is 25.6 Å². The average Bonchev–Trinajstić information content (AvgIpc) is 2.62. The zero-order valence-corrected chi connectivity index (χ0v) is 14.3.